The van der Waals surface area contributed by atoms with Crippen LogP contribution in [0.25, 0.3) is 0 Å². The lowest BCUT2D eigenvalue weighted by molar-refractivity contribution is 0.180. The zero-order chi connectivity index (χ0) is 18.7. The molecule has 3 heterocycles. The molecule has 0 spiro atoms. The van der Waals surface area contributed by atoms with Gasteiger partial charge in [-0.05, 0) is 32.8 Å². The van der Waals surface area contributed by atoms with Gasteiger partial charge in [0.15, 0.2) is 0 Å². The highest BCUT2D eigenvalue weighted by Gasteiger charge is 2.30. The van der Waals surface area contributed by atoms with Gasteiger partial charge in [0.2, 0.25) is 10.0 Å². The van der Waals surface area contributed by atoms with Crippen LogP contribution in [0.15, 0.2) is 16.3 Å². The van der Waals surface area contributed by atoms with Gasteiger partial charge in [0, 0.05) is 47.9 Å². The van der Waals surface area contributed by atoms with Gasteiger partial charge in [-0.15, -0.1) is 22.7 Å². The first-order chi connectivity index (χ1) is 12.4. The van der Waals surface area contributed by atoms with Crippen molar-refractivity contribution in [2.45, 2.75) is 51.5 Å². The molecule has 2 aromatic heterocycles. The second-order valence-electron chi connectivity index (χ2n) is 6.79. The molecular weight excluding hydrogens is 386 g/mol. The Morgan fingerprint density at radius 1 is 1.19 bits per heavy atom. The van der Waals surface area contributed by atoms with Crippen molar-refractivity contribution >= 4 is 32.7 Å². The van der Waals surface area contributed by atoms with E-state index in [2.05, 4.69) is 17.2 Å². The van der Waals surface area contributed by atoms with Crippen LogP contribution in [0, 0.1) is 13.8 Å². The van der Waals surface area contributed by atoms with Gasteiger partial charge in [0.25, 0.3) is 0 Å². The van der Waals surface area contributed by atoms with Gasteiger partial charge < -0.3 is 0 Å². The summed E-state index contributed by atoms with van der Waals surface area (Å²) in [5, 5.41) is 3.36. The van der Waals surface area contributed by atoms with Crippen LogP contribution < -0.4 is 0 Å². The molecule has 144 valence electrons. The van der Waals surface area contributed by atoms with Crippen molar-refractivity contribution in [3.05, 3.63) is 31.9 Å². The summed E-state index contributed by atoms with van der Waals surface area (Å²) in [6, 6.07) is 1.80. The lowest BCUT2D eigenvalue weighted by Gasteiger charge is -2.33. The fourth-order valence-corrected chi connectivity index (χ4v) is 7.00. The number of aryl methyl sites for hydroxylation is 3. The van der Waals surface area contributed by atoms with E-state index < -0.39 is 10.0 Å². The smallest absolute Gasteiger partial charge is 0.244 e. The van der Waals surface area contributed by atoms with Crippen LogP contribution >= 0.6 is 22.7 Å². The minimum Gasteiger partial charge on any atom is -0.295 e. The van der Waals surface area contributed by atoms with E-state index in [1.54, 1.807) is 33.0 Å². The van der Waals surface area contributed by atoms with Crippen molar-refractivity contribution in [3.8, 4) is 0 Å². The average Bonchev–Trinajstić information content (AvgIpc) is 3.19. The summed E-state index contributed by atoms with van der Waals surface area (Å²) in [6.07, 6.45) is 3.44. The summed E-state index contributed by atoms with van der Waals surface area (Å²) < 4.78 is 27.4. The third-order valence-electron chi connectivity index (χ3n) is 4.67. The fourth-order valence-electron chi connectivity index (χ4n) is 3.22. The highest BCUT2D eigenvalue weighted by atomic mass is 32.2. The second-order valence-corrected chi connectivity index (χ2v) is 11.1. The maximum Gasteiger partial charge on any atom is 0.244 e. The molecule has 0 atom stereocenters. The van der Waals surface area contributed by atoms with Crippen LogP contribution in [0.1, 0.15) is 40.2 Å². The van der Waals surface area contributed by atoms with Gasteiger partial charge in [-0.25, -0.2) is 13.4 Å². The van der Waals surface area contributed by atoms with Crippen molar-refractivity contribution in [3.63, 3.8) is 0 Å². The Morgan fingerprint density at radius 3 is 2.54 bits per heavy atom. The molecule has 2 aromatic rings. The van der Waals surface area contributed by atoms with Gasteiger partial charge >= 0.3 is 0 Å². The first kappa shape index (κ1) is 19.9. The second kappa shape index (κ2) is 8.48. The standard InChI is InChI=1S/C18H27N3O2S3/c1-4-5-6-18-19-16(13-24-18)12-20-7-9-21(10-8-20)26(22,23)17-11-14(2)25-15(17)3/h11,13H,4-10,12H2,1-3H3. The maximum absolute atomic E-state index is 12.9. The average molecular weight is 414 g/mol. The summed E-state index contributed by atoms with van der Waals surface area (Å²) >= 11 is 3.29. The molecule has 5 nitrogen and oxygen atoms in total. The number of hydrogen-bond acceptors (Lipinski definition) is 6. The van der Waals surface area contributed by atoms with E-state index in [1.807, 2.05) is 13.8 Å². The molecule has 26 heavy (non-hydrogen) atoms. The van der Waals surface area contributed by atoms with E-state index in [1.165, 1.54) is 17.8 Å². The highest BCUT2D eigenvalue weighted by molar-refractivity contribution is 7.89. The number of rotatable bonds is 7. The predicted molar refractivity (Wildman–Crippen MR) is 109 cm³/mol. The van der Waals surface area contributed by atoms with Gasteiger partial charge in [-0.1, -0.05) is 13.3 Å². The van der Waals surface area contributed by atoms with Crippen molar-refractivity contribution in [1.29, 1.82) is 0 Å². The molecule has 1 aliphatic rings. The number of nitrogens with zero attached hydrogens (tertiary/aromatic N) is 3. The molecule has 0 bridgehead atoms. The van der Waals surface area contributed by atoms with E-state index in [-0.39, 0.29) is 0 Å². The number of thiophene rings is 1. The minimum atomic E-state index is -3.37. The molecule has 0 aliphatic carbocycles. The number of unbranched alkanes of at least 4 members (excludes halogenated alkanes) is 1. The Balaban J connectivity index is 1.57. The van der Waals surface area contributed by atoms with Gasteiger partial charge in [-0.2, -0.15) is 4.31 Å². The zero-order valence-corrected chi connectivity index (χ0v) is 18.1. The Kier molecular flexibility index (Phi) is 6.50. The topological polar surface area (TPSA) is 53.5 Å². The monoisotopic (exact) mass is 413 g/mol. The van der Waals surface area contributed by atoms with Gasteiger partial charge in [0.05, 0.1) is 15.6 Å². The van der Waals surface area contributed by atoms with Crippen LogP contribution in [0.3, 0.4) is 0 Å². The van der Waals surface area contributed by atoms with E-state index >= 15 is 0 Å². The highest BCUT2D eigenvalue weighted by Crippen LogP contribution is 2.28. The van der Waals surface area contributed by atoms with Crippen LogP contribution in [0.4, 0.5) is 0 Å². The van der Waals surface area contributed by atoms with Gasteiger partial charge in [-0.3, -0.25) is 4.90 Å². The van der Waals surface area contributed by atoms with Crippen LogP contribution in [-0.4, -0.2) is 48.8 Å². The molecule has 3 rings (SSSR count). The van der Waals surface area contributed by atoms with E-state index in [9.17, 15) is 8.42 Å². The Morgan fingerprint density at radius 2 is 1.92 bits per heavy atom. The summed E-state index contributed by atoms with van der Waals surface area (Å²) in [7, 11) is -3.37. The lowest BCUT2D eigenvalue weighted by Crippen LogP contribution is -2.48. The first-order valence-electron chi connectivity index (χ1n) is 9.13. The molecule has 0 aromatic carbocycles. The Hall–Kier alpha value is -0.800. The summed E-state index contributed by atoms with van der Waals surface area (Å²) in [4.78, 5) is 9.43. The van der Waals surface area contributed by atoms with E-state index in [4.69, 9.17) is 4.98 Å². The number of thiazole rings is 1. The third-order valence-corrected chi connectivity index (χ3v) is 8.75. The first-order valence-corrected chi connectivity index (χ1v) is 12.3. The quantitative estimate of drug-likeness (QED) is 0.695. The Bertz CT molecular complexity index is 834. The lowest BCUT2D eigenvalue weighted by atomic mass is 10.3. The largest absolute Gasteiger partial charge is 0.295 e. The van der Waals surface area contributed by atoms with Crippen molar-refractivity contribution in [1.82, 2.24) is 14.2 Å². The van der Waals surface area contributed by atoms with Gasteiger partial charge in [0.1, 0.15) is 0 Å². The fraction of sp³-hybridized carbons (Fsp3) is 0.611. The summed E-state index contributed by atoms with van der Waals surface area (Å²) in [5.74, 6) is 0. The molecule has 1 fully saturated rings. The molecule has 0 N–H and O–H groups in total. The van der Waals surface area contributed by atoms with Crippen LogP contribution in [0.5, 0.6) is 0 Å². The molecule has 8 heteroatoms. The number of aromatic nitrogens is 1. The zero-order valence-electron chi connectivity index (χ0n) is 15.7. The summed E-state index contributed by atoms with van der Waals surface area (Å²) in [6.45, 7) is 9.45. The van der Waals surface area contributed by atoms with Crippen molar-refractivity contribution < 1.29 is 8.42 Å². The van der Waals surface area contributed by atoms with Crippen molar-refractivity contribution in [2.24, 2.45) is 0 Å². The van der Waals surface area contributed by atoms with Crippen molar-refractivity contribution in [2.75, 3.05) is 26.2 Å². The SMILES string of the molecule is CCCCc1nc(CN2CCN(S(=O)(=O)c3cc(C)sc3C)CC2)cs1. The molecular formula is C18H27N3O2S3. The third kappa shape index (κ3) is 4.54. The normalized spacial score (nSPS) is 17.0. The van der Waals surface area contributed by atoms with Crippen LogP contribution in [0.2, 0.25) is 0 Å². The number of hydrogen-bond donors (Lipinski definition) is 0. The molecule has 0 amide bonds. The summed E-state index contributed by atoms with van der Waals surface area (Å²) in [5.41, 5.74) is 1.11. The molecule has 0 unspecified atom stereocenters. The molecule has 1 saturated heterocycles. The Labute approximate surface area is 164 Å². The van der Waals surface area contributed by atoms with E-state index in [0.717, 1.165) is 41.5 Å². The molecule has 0 saturated carbocycles. The van der Waals surface area contributed by atoms with E-state index in [0.29, 0.717) is 18.0 Å². The minimum absolute atomic E-state index is 0.480. The number of piperazine rings is 1. The molecule has 0 radical (unpaired) electrons. The predicted octanol–water partition coefficient (Wildman–Crippen LogP) is 3.67. The molecule has 1 aliphatic heterocycles. The van der Waals surface area contributed by atoms with Crippen LogP contribution in [-0.2, 0) is 23.0 Å². The maximum atomic E-state index is 12.9. The number of sulfonamides is 1.